The van der Waals surface area contributed by atoms with E-state index in [-0.39, 0.29) is 30.2 Å². The lowest BCUT2D eigenvalue weighted by Crippen LogP contribution is -2.44. The maximum Gasteiger partial charge on any atom is 0.306 e. The van der Waals surface area contributed by atoms with E-state index in [0.29, 0.717) is 19.0 Å². The Morgan fingerprint density at radius 3 is 2.46 bits per heavy atom. The maximum absolute atomic E-state index is 12.9. The number of rotatable bonds is 8. The van der Waals surface area contributed by atoms with Crippen molar-refractivity contribution in [1.82, 2.24) is 9.62 Å². The van der Waals surface area contributed by atoms with Crippen LogP contribution in [-0.4, -0.2) is 50.9 Å². The van der Waals surface area contributed by atoms with Crippen molar-refractivity contribution in [1.29, 1.82) is 0 Å². The number of halogens is 1. The molecular formula is C19H27FN2O5S. The molecule has 0 saturated carbocycles. The molecule has 0 radical (unpaired) electrons. The van der Waals surface area contributed by atoms with Gasteiger partial charge in [0.05, 0.1) is 4.90 Å². The molecule has 0 aromatic heterocycles. The monoisotopic (exact) mass is 414 g/mol. The molecule has 1 atom stereocenters. The smallest absolute Gasteiger partial charge is 0.306 e. The van der Waals surface area contributed by atoms with Gasteiger partial charge in [-0.25, -0.2) is 17.5 Å². The molecule has 0 spiro atoms. The van der Waals surface area contributed by atoms with Gasteiger partial charge in [-0.15, -0.1) is 0 Å². The second-order valence-electron chi connectivity index (χ2n) is 7.10. The summed E-state index contributed by atoms with van der Waals surface area (Å²) < 4.78 is 44.5. The van der Waals surface area contributed by atoms with Crippen LogP contribution in [-0.2, 0) is 24.3 Å². The Balaban J connectivity index is 1.70. The molecule has 1 aliphatic rings. The number of carbonyl (C=O) groups is 2. The Morgan fingerprint density at radius 2 is 1.86 bits per heavy atom. The number of amides is 1. The number of benzene rings is 1. The van der Waals surface area contributed by atoms with Gasteiger partial charge in [0.2, 0.25) is 10.0 Å². The van der Waals surface area contributed by atoms with Crippen LogP contribution in [0, 0.1) is 11.7 Å². The van der Waals surface area contributed by atoms with Crippen LogP contribution in [0.4, 0.5) is 4.39 Å². The van der Waals surface area contributed by atoms with Crippen LogP contribution in [0.2, 0.25) is 0 Å². The minimum atomic E-state index is -3.76. The number of hydrogen-bond donors (Lipinski definition) is 1. The third-order valence-corrected chi connectivity index (χ3v) is 6.20. The largest absolute Gasteiger partial charge is 0.453 e. The Morgan fingerprint density at radius 1 is 1.25 bits per heavy atom. The number of esters is 1. The van der Waals surface area contributed by atoms with Gasteiger partial charge in [-0.3, -0.25) is 9.59 Å². The average Bonchev–Trinajstić information content (AvgIpc) is 2.65. The number of ether oxygens (including phenoxy) is 1. The van der Waals surface area contributed by atoms with E-state index in [1.807, 2.05) is 0 Å². The topological polar surface area (TPSA) is 92.8 Å². The van der Waals surface area contributed by atoms with E-state index in [9.17, 15) is 22.4 Å². The zero-order chi connectivity index (χ0) is 20.7. The van der Waals surface area contributed by atoms with E-state index < -0.39 is 27.9 Å². The predicted molar refractivity (Wildman–Crippen MR) is 101 cm³/mol. The van der Waals surface area contributed by atoms with E-state index in [0.717, 1.165) is 25.0 Å². The summed E-state index contributed by atoms with van der Waals surface area (Å²) in [7, 11) is -3.76. The van der Waals surface area contributed by atoms with Gasteiger partial charge in [-0.05, 0) is 56.4 Å². The van der Waals surface area contributed by atoms with Gasteiger partial charge in [0, 0.05) is 26.1 Å². The highest BCUT2D eigenvalue weighted by Crippen LogP contribution is 2.17. The van der Waals surface area contributed by atoms with Gasteiger partial charge in [0.25, 0.3) is 5.91 Å². The average molecular weight is 414 g/mol. The first-order valence-corrected chi connectivity index (χ1v) is 10.9. The number of hydrogen-bond acceptors (Lipinski definition) is 5. The lowest BCUT2D eigenvalue weighted by Gasteiger charge is -2.31. The Kier molecular flexibility index (Phi) is 7.94. The van der Waals surface area contributed by atoms with E-state index in [1.165, 1.54) is 12.1 Å². The van der Waals surface area contributed by atoms with Crippen LogP contribution in [0.3, 0.4) is 0 Å². The fourth-order valence-electron chi connectivity index (χ4n) is 2.93. The molecule has 156 valence electrons. The van der Waals surface area contributed by atoms with Gasteiger partial charge in [0.1, 0.15) is 5.82 Å². The van der Waals surface area contributed by atoms with Gasteiger partial charge >= 0.3 is 5.97 Å². The van der Waals surface area contributed by atoms with Crippen molar-refractivity contribution >= 4 is 21.9 Å². The lowest BCUT2D eigenvalue weighted by atomic mass is 9.99. The van der Waals surface area contributed by atoms with Gasteiger partial charge in [-0.2, -0.15) is 0 Å². The van der Waals surface area contributed by atoms with Crippen LogP contribution >= 0.6 is 0 Å². The van der Waals surface area contributed by atoms with E-state index in [4.69, 9.17) is 4.74 Å². The summed E-state index contributed by atoms with van der Waals surface area (Å²) >= 11 is 0. The van der Waals surface area contributed by atoms with Gasteiger partial charge < -0.3 is 9.64 Å². The molecule has 1 aromatic rings. The maximum atomic E-state index is 12.9. The quantitative estimate of drug-likeness (QED) is 0.519. The van der Waals surface area contributed by atoms with Crippen LogP contribution in [0.15, 0.2) is 29.2 Å². The molecule has 1 amide bonds. The van der Waals surface area contributed by atoms with E-state index >= 15 is 0 Å². The first-order chi connectivity index (χ1) is 13.2. The summed E-state index contributed by atoms with van der Waals surface area (Å²) in [5, 5.41) is 0. The Bertz CT molecular complexity index is 774. The highest BCUT2D eigenvalue weighted by molar-refractivity contribution is 7.89. The van der Waals surface area contributed by atoms with Crippen molar-refractivity contribution in [2.24, 2.45) is 5.92 Å². The van der Waals surface area contributed by atoms with Crippen LogP contribution in [0.1, 0.15) is 39.5 Å². The predicted octanol–water partition coefficient (Wildman–Crippen LogP) is 2.07. The molecular weight excluding hydrogens is 387 g/mol. The molecule has 1 N–H and O–H groups in total. The molecule has 1 heterocycles. The SMILES string of the molecule is CC1CCN(C(=O)C(C)OC(=O)CCCNS(=O)(=O)c2ccc(F)cc2)CC1. The van der Waals surface area contributed by atoms with Gasteiger partial charge in [-0.1, -0.05) is 6.92 Å². The molecule has 0 bridgehead atoms. The van der Waals surface area contributed by atoms with Crippen molar-refractivity contribution in [2.45, 2.75) is 50.5 Å². The summed E-state index contributed by atoms with van der Waals surface area (Å²) in [6.07, 6.45) is 1.25. The van der Waals surface area contributed by atoms with Crippen molar-refractivity contribution in [3.8, 4) is 0 Å². The summed E-state index contributed by atoms with van der Waals surface area (Å²) in [5.41, 5.74) is 0. The second kappa shape index (κ2) is 9.97. The third kappa shape index (κ3) is 6.56. The third-order valence-electron chi connectivity index (χ3n) is 4.72. The van der Waals surface area contributed by atoms with Gasteiger partial charge in [0.15, 0.2) is 6.10 Å². The molecule has 28 heavy (non-hydrogen) atoms. The molecule has 1 aliphatic heterocycles. The molecule has 1 aromatic carbocycles. The van der Waals surface area contributed by atoms with E-state index in [1.54, 1.807) is 11.8 Å². The summed E-state index contributed by atoms with van der Waals surface area (Å²) in [4.78, 5) is 25.9. The molecule has 9 heteroatoms. The van der Waals surface area contributed by atoms with Crippen LogP contribution in [0.25, 0.3) is 0 Å². The summed E-state index contributed by atoms with van der Waals surface area (Å²) in [6.45, 7) is 5.08. The summed E-state index contributed by atoms with van der Waals surface area (Å²) in [5.74, 6) is -0.672. The van der Waals surface area contributed by atoms with Crippen molar-refractivity contribution in [3.05, 3.63) is 30.1 Å². The highest BCUT2D eigenvalue weighted by atomic mass is 32.2. The number of sulfonamides is 1. The Hall–Kier alpha value is -2.00. The highest BCUT2D eigenvalue weighted by Gasteiger charge is 2.26. The zero-order valence-corrected chi connectivity index (χ0v) is 17.0. The van der Waals surface area contributed by atoms with E-state index in [2.05, 4.69) is 11.6 Å². The first kappa shape index (κ1) is 22.3. The zero-order valence-electron chi connectivity index (χ0n) is 16.2. The Labute approximate surface area is 165 Å². The van der Waals surface area contributed by atoms with Crippen LogP contribution in [0.5, 0.6) is 0 Å². The molecule has 1 unspecified atom stereocenters. The number of piperidine rings is 1. The second-order valence-corrected chi connectivity index (χ2v) is 8.86. The minimum absolute atomic E-state index is 0.0133. The molecule has 7 nitrogen and oxygen atoms in total. The van der Waals surface area contributed by atoms with Crippen molar-refractivity contribution < 1.29 is 27.1 Å². The normalized spacial score (nSPS) is 16.6. The number of carbonyl (C=O) groups excluding carboxylic acids is 2. The number of nitrogens with zero attached hydrogens (tertiary/aromatic N) is 1. The van der Waals surface area contributed by atoms with Crippen LogP contribution < -0.4 is 4.72 Å². The standard InChI is InChI=1S/C19H27FN2O5S/c1-14-9-12-22(13-10-14)19(24)15(2)27-18(23)4-3-11-21-28(25,26)17-7-5-16(20)6-8-17/h5-8,14-15,21H,3-4,9-13H2,1-2H3. The fraction of sp³-hybridized carbons (Fsp3) is 0.579. The molecule has 0 aliphatic carbocycles. The minimum Gasteiger partial charge on any atom is -0.453 e. The van der Waals surface area contributed by atoms with Crippen molar-refractivity contribution in [3.63, 3.8) is 0 Å². The first-order valence-electron chi connectivity index (χ1n) is 9.42. The molecule has 1 fully saturated rings. The fourth-order valence-corrected chi connectivity index (χ4v) is 4.00. The summed E-state index contributed by atoms with van der Waals surface area (Å²) in [6, 6.07) is 4.46. The van der Waals surface area contributed by atoms with Crippen molar-refractivity contribution in [2.75, 3.05) is 19.6 Å². The number of nitrogens with one attached hydrogen (secondary N) is 1. The lowest BCUT2D eigenvalue weighted by molar-refractivity contribution is -0.159. The number of likely N-dealkylation sites (tertiary alicyclic amines) is 1. The molecule has 2 rings (SSSR count). The molecule has 1 saturated heterocycles.